The summed E-state index contributed by atoms with van der Waals surface area (Å²) in [5.74, 6) is -6.05. The summed E-state index contributed by atoms with van der Waals surface area (Å²) in [6, 6.07) is -1.79. The smallest absolute Gasteiger partial charge is 0.472 e. The molecule has 63 heavy (non-hydrogen) atoms. The SMILES string of the molecule is CC(=O)N[C@H]1[C@@H](O[C@@H]2[C@@H](O[C@@H]3[C@H](O)[C@@H](O[C@H]4[C@@H]([C@H](O)CO)OC(O)(C(=O)O)C[C@H]4O)O[C@H]([C@@H](O)CO)[C@H]3O)O[C@H]([C@@H](O)CO)[C@@H](O)[C@@H]2OP(=O)(O)OCCN)O[C@H](CO)[C@@H](O)[C@@H]1O. The van der Waals surface area contributed by atoms with Crippen LogP contribution in [0.15, 0.2) is 0 Å². The van der Waals surface area contributed by atoms with E-state index in [-0.39, 0.29) is 6.54 Å². The Morgan fingerprint density at radius 3 is 1.79 bits per heavy atom. The summed E-state index contributed by atoms with van der Waals surface area (Å²) >= 11 is 0. The van der Waals surface area contributed by atoms with Gasteiger partial charge in [0.15, 0.2) is 18.9 Å². The van der Waals surface area contributed by atoms with E-state index in [1.165, 1.54) is 0 Å². The molecule has 4 saturated heterocycles. The fraction of sp³-hybridized carbons (Fsp3) is 0.938. The van der Waals surface area contributed by atoms with Gasteiger partial charge in [0.2, 0.25) is 5.91 Å². The Balaban J connectivity index is 1.83. The summed E-state index contributed by atoms with van der Waals surface area (Å²) in [6.45, 7) is -4.58. The number of aliphatic hydroxyl groups excluding tert-OH is 13. The van der Waals surface area contributed by atoms with Crippen LogP contribution in [0, 0.1) is 0 Å². The van der Waals surface area contributed by atoms with Gasteiger partial charge in [-0.2, -0.15) is 0 Å². The first-order valence-electron chi connectivity index (χ1n) is 19.2. The normalized spacial score (nSPS) is 43.6. The third kappa shape index (κ3) is 12.4. The number of aliphatic carboxylic acids is 1. The second-order valence-corrected chi connectivity index (χ2v) is 16.4. The molecule has 4 heterocycles. The molecule has 0 aliphatic carbocycles. The van der Waals surface area contributed by atoms with Crippen LogP contribution in [0.3, 0.4) is 0 Å². The van der Waals surface area contributed by atoms with Crippen LogP contribution >= 0.6 is 7.82 Å². The number of carbonyl (C=O) groups is 2. The van der Waals surface area contributed by atoms with E-state index in [9.17, 15) is 95.6 Å². The lowest BCUT2D eigenvalue weighted by molar-refractivity contribution is -0.396. The summed E-state index contributed by atoms with van der Waals surface area (Å²) in [6.07, 6.45) is -44.5. The van der Waals surface area contributed by atoms with E-state index < -0.39 is 194 Å². The molecule has 368 valence electrons. The highest BCUT2D eigenvalue weighted by molar-refractivity contribution is 7.47. The Morgan fingerprint density at radius 2 is 1.27 bits per heavy atom. The summed E-state index contributed by atoms with van der Waals surface area (Å²) < 4.78 is 62.7. The van der Waals surface area contributed by atoms with Crippen LogP contribution in [0.4, 0.5) is 0 Å². The Morgan fingerprint density at radius 1 is 0.746 bits per heavy atom. The second kappa shape index (κ2) is 22.8. The molecular formula is C32H57N2O28P. The lowest BCUT2D eigenvalue weighted by atomic mass is 9.91. The molecule has 31 heteroatoms. The molecule has 4 fully saturated rings. The predicted octanol–water partition coefficient (Wildman–Crippen LogP) is -10.9. The number of phosphoric ester groups is 1. The second-order valence-electron chi connectivity index (χ2n) is 15.0. The van der Waals surface area contributed by atoms with E-state index in [2.05, 4.69) is 5.32 Å². The van der Waals surface area contributed by atoms with Crippen molar-refractivity contribution in [2.45, 2.75) is 148 Å². The zero-order valence-electron chi connectivity index (χ0n) is 33.2. The van der Waals surface area contributed by atoms with Crippen LogP contribution in [0.25, 0.3) is 0 Å². The largest absolute Gasteiger partial charge is 0.477 e. The number of aliphatic hydroxyl groups is 14. The van der Waals surface area contributed by atoms with E-state index in [0.717, 1.165) is 6.92 Å². The van der Waals surface area contributed by atoms with Crippen molar-refractivity contribution in [3.8, 4) is 0 Å². The first-order valence-corrected chi connectivity index (χ1v) is 20.7. The number of phosphoric acid groups is 1. The molecule has 1 amide bonds. The third-order valence-electron chi connectivity index (χ3n) is 10.4. The van der Waals surface area contributed by atoms with Crippen LogP contribution in [-0.2, 0) is 56.4 Å². The molecule has 4 aliphatic rings. The van der Waals surface area contributed by atoms with Gasteiger partial charge in [0.25, 0.3) is 5.79 Å². The number of rotatable bonds is 20. The topological polar surface area (TPSA) is 496 Å². The summed E-state index contributed by atoms with van der Waals surface area (Å²) in [7, 11) is -5.38. The van der Waals surface area contributed by atoms with Gasteiger partial charge in [-0.1, -0.05) is 0 Å². The zero-order chi connectivity index (χ0) is 47.3. The number of nitrogens with two attached hydrogens (primary N) is 1. The van der Waals surface area contributed by atoms with Gasteiger partial charge in [-0.15, -0.1) is 0 Å². The number of carboxylic acid groups (broad SMARTS) is 1. The molecule has 30 nitrogen and oxygen atoms in total. The fourth-order valence-corrected chi connectivity index (χ4v) is 8.22. The predicted molar refractivity (Wildman–Crippen MR) is 192 cm³/mol. The molecule has 0 spiro atoms. The van der Waals surface area contributed by atoms with Crippen molar-refractivity contribution in [2.75, 3.05) is 39.6 Å². The van der Waals surface area contributed by atoms with Gasteiger partial charge in [0, 0.05) is 19.9 Å². The highest BCUT2D eigenvalue weighted by Gasteiger charge is 2.60. The molecule has 0 aromatic rings. The highest BCUT2D eigenvalue weighted by Crippen LogP contribution is 2.48. The summed E-state index contributed by atoms with van der Waals surface area (Å²) in [5.41, 5.74) is 5.37. The molecule has 19 N–H and O–H groups in total. The minimum Gasteiger partial charge on any atom is -0.477 e. The summed E-state index contributed by atoms with van der Waals surface area (Å²) in [5, 5.41) is 160. The lowest BCUT2D eigenvalue weighted by Crippen LogP contribution is -2.70. The van der Waals surface area contributed by atoms with E-state index in [1.807, 2.05) is 0 Å². The molecule has 4 rings (SSSR count). The minimum atomic E-state index is -5.38. The monoisotopic (exact) mass is 948 g/mol. The van der Waals surface area contributed by atoms with Crippen molar-refractivity contribution in [1.29, 1.82) is 0 Å². The van der Waals surface area contributed by atoms with Gasteiger partial charge in [-0.25, -0.2) is 9.36 Å². The molecule has 0 radical (unpaired) electrons. The van der Waals surface area contributed by atoms with Crippen molar-refractivity contribution in [2.24, 2.45) is 5.73 Å². The first-order chi connectivity index (χ1) is 29.5. The van der Waals surface area contributed by atoms with Gasteiger partial charge in [-0.05, 0) is 0 Å². The standard InChI is InChI=1S/C32H57N2O28P/c1-9(39)34-15-17(45)16(44)14(8-38)55-28(15)60-27-26(62-63(52,53)54-3-2-33)19(47)22(12(42)6-36)57-30(27)59-25-18(46)21(11(41)5-35)56-29(20(25)48)58-23-10(40)4-32(51,31(49)50)61-24(23)13(43)7-37/h10-30,35-38,40-48,51H,2-8,33H2,1H3,(H,34,39)(H,49,50)(H,52,53)/t10-,11+,12+,13-,14-,15-,16-,17-,18-,19-,20+,21-,22-,23-,24-,25+,26+,27+,28-,29-,30-,32?/m1/s1. The third-order valence-corrected chi connectivity index (χ3v) is 11.5. The molecule has 0 aromatic heterocycles. The van der Waals surface area contributed by atoms with Gasteiger partial charge in [0.1, 0.15) is 104 Å². The van der Waals surface area contributed by atoms with Crippen molar-refractivity contribution in [1.82, 2.24) is 5.32 Å². The number of hydrogen-bond acceptors (Lipinski definition) is 27. The number of carboxylic acids is 1. The fourth-order valence-electron chi connectivity index (χ4n) is 7.27. The van der Waals surface area contributed by atoms with Crippen LogP contribution < -0.4 is 11.1 Å². The number of hydrogen-bond donors (Lipinski definition) is 18. The molecule has 23 atom stereocenters. The van der Waals surface area contributed by atoms with Gasteiger partial charge < -0.3 is 126 Å². The number of ether oxygens (including phenoxy) is 7. The van der Waals surface area contributed by atoms with Crippen LogP contribution in [0.1, 0.15) is 13.3 Å². The zero-order valence-corrected chi connectivity index (χ0v) is 34.0. The quantitative estimate of drug-likeness (QED) is 0.0504. The van der Waals surface area contributed by atoms with Gasteiger partial charge >= 0.3 is 13.8 Å². The Kier molecular flexibility index (Phi) is 19.4. The van der Waals surface area contributed by atoms with E-state index in [4.69, 9.17) is 47.9 Å². The van der Waals surface area contributed by atoms with Crippen molar-refractivity contribution >= 4 is 19.7 Å². The van der Waals surface area contributed by atoms with Crippen molar-refractivity contribution in [3.63, 3.8) is 0 Å². The minimum absolute atomic E-state index is 0.355. The Bertz CT molecular complexity index is 1530. The molecule has 0 saturated carbocycles. The maximum atomic E-state index is 13.2. The maximum Gasteiger partial charge on any atom is 0.472 e. The molecule has 2 unspecified atom stereocenters. The van der Waals surface area contributed by atoms with Crippen molar-refractivity contribution in [3.05, 3.63) is 0 Å². The number of nitrogens with one attached hydrogen (secondary N) is 1. The van der Waals surface area contributed by atoms with Gasteiger partial charge in [0.05, 0.1) is 39.1 Å². The first kappa shape index (κ1) is 53.8. The Hall–Kier alpha value is -1.83. The van der Waals surface area contributed by atoms with E-state index >= 15 is 0 Å². The average Bonchev–Trinajstić information content (AvgIpc) is 3.23. The van der Waals surface area contributed by atoms with E-state index in [1.54, 1.807) is 0 Å². The number of carbonyl (C=O) groups excluding carboxylic acids is 1. The van der Waals surface area contributed by atoms with E-state index in [0.29, 0.717) is 0 Å². The Labute approximate surface area is 356 Å². The maximum absolute atomic E-state index is 13.2. The molecular weight excluding hydrogens is 891 g/mol. The molecule has 4 aliphatic heterocycles. The van der Waals surface area contributed by atoms with Gasteiger partial charge in [-0.3, -0.25) is 13.8 Å². The van der Waals surface area contributed by atoms with Crippen LogP contribution in [0.5, 0.6) is 0 Å². The molecule has 0 bridgehead atoms. The average molecular weight is 949 g/mol. The molecule has 0 aromatic carbocycles. The number of amides is 1. The highest BCUT2D eigenvalue weighted by atomic mass is 31.2. The van der Waals surface area contributed by atoms with Crippen LogP contribution in [0.2, 0.25) is 0 Å². The van der Waals surface area contributed by atoms with Crippen LogP contribution in [-0.4, -0.2) is 267 Å². The lowest BCUT2D eigenvalue weighted by Gasteiger charge is -2.51. The summed E-state index contributed by atoms with van der Waals surface area (Å²) in [4.78, 5) is 34.6. The van der Waals surface area contributed by atoms with Crippen molar-refractivity contribution < 1.29 is 138 Å².